The molecular formula is C15H22BrN3O5. The first-order valence-electron chi connectivity index (χ1n) is 7.45. The number of carbonyl (C=O) groups is 1. The highest BCUT2D eigenvalue weighted by atomic mass is 79.9. The van der Waals surface area contributed by atoms with Gasteiger partial charge in [0, 0.05) is 6.07 Å². The molecule has 1 unspecified atom stereocenters. The normalized spacial score (nSPS) is 12.0. The van der Waals surface area contributed by atoms with Crippen molar-refractivity contribution in [2.24, 2.45) is 0 Å². The van der Waals surface area contributed by atoms with E-state index in [9.17, 15) is 14.9 Å². The second-order valence-corrected chi connectivity index (χ2v) is 5.80. The maximum Gasteiger partial charge on any atom is 0.300 e. The van der Waals surface area contributed by atoms with Gasteiger partial charge in [0.05, 0.1) is 25.3 Å². The molecule has 9 heteroatoms. The lowest BCUT2D eigenvalue weighted by molar-refractivity contribution is -0.386. The van der Waals surface area contributed by atoms with Crippen molar-refractivity contribution in [1.82, 2.24) is 10.2 Å². The van der Waals surface area contributed by atoms with Crippen LogP contribution in [0.4, 0.5) is 5.69 Å². The van der Waals surface area contributed by atoms with E-state index in [-0.39, 0.29) is 33.4 Å². The summed E-state index contributed by atoms with van der Waals surface area (Å²) in [6, 6.07) is 1.40. The first-order chi connectivity index (χ1) is 11.3. The number of benzene rings is 1. The van der Waals surface area contributed by atoms with Crippen molar-refractivity contribution in [1.29, 1.82) is 0 Å². The standard InChI is InChI=1S/C15H22BrN3O5/c1-6-18(7-2)9(3)17-15(20)12-13(19(21)22)10(16)8-11(23-4)14(12)24-5/h8-9H,6-7H2,1-5H3,(H,17,20). The second kappa shape index (κ2) is 8.84. The fourth-order valence-electron chi connectivity index (χ4n) is 2.47. The lowest BCUT2D eigenvalue weighted by Crippen LogP contribution is -2.46. The molecule has 1 rings (SSSR count). The maximum atomic E-state index is 12.7. The molecule has 0 spiro atoms. The number of nitro groups is 1. The molecular weight excluding hydrogens is 382 g/mol. The van der Waals surface area contributed by atoms with Crippen molar-refractivity contribution >= 4 is 27.5 Å². The first-order valence-corrected chi connectivity index (χ1v) is 8.25. The van der Waals surface area contributed by atoms with Crippen LogP contribution in [0.15, 0.2) is 10.5 Å². The summed E-state index contributed by atoms with van der Waals surface area (Å²) in [5.41, 5.74) is -0.537. The summed E-state index contributed by atoms with van der Waals surface area (Å²) in [5.74, 6) is -0.343. The second-order valence-electron chi connectivity index (χ2n) is 4.95. The van der Waals surface area contributed by atoms with Crippen LogP contribution >= 0.6 is 15.9 Å². The number of nitro benzene ring substituents is 1. The van der Waals surface area contributed by atoms with Crippen LogP contribution in [0.5, 0.6) is 11.5 Å². The summed E-state index contributed by atoms with van der Waals surface area (Å²) in [4.78, 5) is 25.5. The molecule has 0 saturated carbocycles. The lowest BCUT2D eigenvalue weighted by Gasteiger charge is -2.27. The molecule has 0 aliphatic carbocycles. The van der Waals surface area contributed by atoms with E-state index >= 15 is 0 Å². The average molecular weight is 404 g/mol. The average Bonchev–Trinajstić information content (AvgIpc) is 2.54. The van der Waals surface area contributed by atoms with Crippen LogP contribution in [0.2, 0.25) is 0 Å². The fraction of sp³-hybridized carbons (Fsp3) is 0.533. The number of rotatable bonds is 8. The van der Waals surface area contributed by atoms with E-state index < -0.39 is 10.8 Å². The van der Waals surface area contributed by atoms with Gasteiger partial charge in [-0.2, -0.15) is 0 Å². The van der Waals surface area contributed by atoms with Gasteiger partial charge >= 0.3 is 0 Å². The Hall–Kier alpha value is -1.87. The summed E-state index contributed by atoms with van der Waals surface area (Å²) < 4.78 is 10.5. The molecule has 0 saturated heterocycles. The minimum Gasteiger partial charge on any atom is -0.493 e. The molecule has 1 aromatic carbocycles. The number of hydrogen-bond acceptors (Lipinski definition) is 6. The van der Waals surface area contributed by atoms with E-state index in [0.29, 0.717) is 0 Å². The van der Waals surface area contributed by atoms with Crippen LogP contribution in [-0.2, 0) is 0 Å². The van der Waals surface area contributed by atoms with Crippen LogP contribution in [0.1, 0.15) is 31.1 Å². The molecule has 1 atom stereocenters. The number of methoxy groups -OCH3 is 2. The van der Waals surface area contributed by atoms with E-state index in [1.54, 1.807) is 0 Å². The van der Waals surface area contributed by atoms with Crippen molar-refractivity contribution < 1.29 is 19.2 Å². The Morgan fingerprint density at radius 3 is 2.38 bits per heavy atom. The lowest BCUT2D eigenvalue weighted by atomic mass is 10.1. The van der Waals surface area contributed by atoms with Crippen LogP contribution in [-0.4, -0.2) is 49.2 Å². The Balaban J connectivity index is 3.41. The third kappa shape index (κ3) is 4.15. The summed E-state index contributed by atoms with van der Waals surface area (Å²) in [7, 11) is 2.73. The van der Waals surface area contributed by atoms with Gasteiger partial charge in [-0.3, -0.25) is 19.8 Å². The van der Waals surface area contributed by atoms with E-state index in [1.807, 2.05) is 25.7 Å². The summed E-state index contributed by atoms with van der Waals surface area (Å²) in [6.45, 7) is 7.23. The smallest absolute Gasteiger partial charge is 0.300 e. The minimum absolute atomic E-state index is 0.0247. The summed E-state index contributed by atoms with van der Waals surface area (Å²) in [5, 5.41) is 14.2. The van der Waals surface area contributed by atoms with Crippen LogP contribution in [0.3, 0.4) is 0 Å². The van der Waals surface area contributed by atoms with Crippen molar-refractivity contribution in [2.45, 2.75) is 26.9 Å². The van der Waals surface area contributed by atoms with Gasteiger partial charge in [0.1, 0.15) is 4.47 Å². The summed E-state index contributed by atoms with van der Waals surface area (Å²) >= 11 is 3.13. The first kappa shape index (κ1) is 20.2. The monoisotopic (exact) mass is 403 g/mol. The molecule has 0 radical (unpaired) electrons. The number of amides is 1. The molecule has 0 aliphatic rings. The van der Waals surface area contributed by atoms with Gasteiger partial charge in [-0.15, -0.1) is 0 Å². The molecule has 134 valence electrons. The summed E-state index contributed by atoms with van der Waals surface area (Å²) in [6.07, 6.45) is -0.290. The highest BCUT2D eigenvalue weighted by Crippen LogP contribution is 2.42. The zero-order valence-electron chi connectivity index (χ0n) is 14.4. The highest BCUT2D eigenvalue weighted by Gasteiger charge is 2.32. The van der Waals surface area contributed by atoms with Gasteiger partial charge in [-0.05, 0) is 35.9 Å². The molecule has 8 nitrogen and oxygen atoms in total. The molecule has 1 aromatic rings. The van der Waals surface area contributed by atoms with E-state index in [4.69, 9.17) is 9.47 Å². The SMILES string of the molecule is CCN(CC)C(C)NC(=O)c1c(OC)c(OC)cc(Br)c1[N+](=O)[O-]. The van der Waals surface area contributed by atoms with Crippen LogP contribution in [0, 0.1) is 10.1 Å². The Bertz CT molecular complexity index is 620. The molecule has 0 fully saturated rings. The number of nitrogens with one attached hydrogen (secondary N) is 1. The van der Waals surface area contributed by atoms with Gasteiger partial charge in [0.2, 0.25) is 0 Å². The number of ether oxygens (including phenoxy) is 2. The number of halogens is 1. The van der Waals surface area contributed by atoms with Gasteiger partial charge < -0.3 is 14.8 Å². The fourth-order valence-corrected chi connectivity index (χ4v) is 3.02. The molecule has 1 amide bonds. The third-order valence-corrected chi connectivity index (χ3v) is 4.31. The molecule has 0 aromatic heterocycles. The van der Waals surface area contributed by atoms with Gasteiger partial charge in [-0.1, -0.05) is 13.8 Å². The zero-order chi connectivity index (χ0) is 18.4. The van der Waals surface area contributed by atoms with E-state index in [2.05, 4.69) is 21.2 Å². The number of carbonyl (C=O) groups excluding carboxylic acids is 1. The maximum absolute atomic E-state index is 12.7. The molecule has 0 bridgehead atoms. The molecule has 24 heavy (non-hydrogen) atoms. The van der Waals surface area contributed by atoms with Crippen LogP contribution < -0.4 is 14.8 Å². The molecule has 0 aliphatic heterocycles. The Kier molecular flexibility index (Phi) is 7.43. The predicted octanol–water partition coefficient (Wildman–Crippen LogP) is 2.79. The van der Waals surface area contributed by atoms with Crippen molar-refractivity contribution in [3.8, 4) is 11.5 Å². The Morgan fingerprint density at radius 1 is 1.38 bits per heavy atom. The predicted molar refractivity (Wildman–Crippen MR) is 93.7 cm³/mol. The van der Waals surface area contributed by atoms with Gasteiger partial charge in [0.15, 0.2) is 17.1 Å². The van der Waals surface area contributed by atoms with E-state index in [0.717, 1.165) is 13.1 Å². The van der Waals surface area contributed by atoms with Crippen molar-refractivity contribution in [3.05, 3.63) is 26.2 Å². The largest absolute Gasteiger partial charge is 0.493 e. The minimum atomic E-state index is -0.622. The zero-order valence-corrected chi connectivity index (χ0v) is 16.0. The number of nitrogens with zero attached hydrogens (tertiary/aromatic N) is 2. The Labute approximate surface area is 149 Å². The quantitative estimate of drug-likeness (QED) is 0.407. The third-order valence-electron chi connectivity index (χ3n) is 3.71. The van der Waals surface area contributed by atoms with Crippen molar-refractivity contribution in [2.75, 3.05) is 27.3 Å². The Morgan fingerprint density at radius 2 is 1.96 bits per heavy atom. The topological polar surface area (TPSA) is 93.9 Å². The van der Waals surface area contributed by atoms with Crippen LogP contribution in [0.25, 0.3) is 0 Å². The highest BCUT2D eigenvalue weighted by molar-refractivity contribution is 9.10. The van der Waals surface area contributed by atoms with Gasteiger partial charge in [0.25, 0.3) is 11.6 Å². The van der Waals surface area contributed by atoms with Crippen molar-refractivity contribution in [3.63, 3.8) is 0 Å². The molecule has 1 N–H and O–H groups in total. The van der Waals surface area contributed by atoms with Gasteiger partial charge in [-0.25, -0.2) is 0 Å². The van der Waals surface area contributed by atoms with E-state index in [1.165, 1.54) is 20.3 Å². The molecule has 0 heterocycles. The number of hydrogen-bond donors (Lipinski definition) is 1.